The summed E-state index contributed by atoms with van der Waals surface area (Å²) in [5.74, 6) is 0.225. The Morgan fingerprint density at radius 1 is 0.677 bits per heavy atom. The van der Waals surface area contributed by atoms with Crippen molar-refractivity contribution in [2.24, 2.45) is 0 Å². The lowest BCUT2D eigenvalue weighted by Crippen LogP contribution is -2.48. The first-order valence-electron chi connectivity index (χ1n) is 11.2. The van der Waals surface area contributed by atoms with Crippen LogP contribution in [0.5, 0.6) is 0 Å². The fourth-order valence-corrected chi connectivity index (χ4v) is 4.69. The second-order valence-corrected chi connectivity index (χ2v) is 8.54. The molecule has 3 aromatic rings. The molecule has 0 atom stereocenters. The lowest BCUT2D eigenvalue weighted by molar-refractivity contribution is -0.117. The van der Waals surface area contributed by atoms with Crippen LogP contribution in [0.25, 0.3) is 11.1 Å². The van der Waals surface area contributed by atoms with Gasteiger partial charge in [-0.15, -0.1) is 0 Å². The lowest BCUT2D eigenvalue weighted by atomic mass is 10.0. The van der Waals surface area contributed by atoms with E-state index in [-0.39, 0.29) is 5.91 Å². The van der Waals surface area contributed by atoms with Gasteiger partial charge in [0.15, 0.2) is 0 Å². The maximum atomic E-state index is 12.7. The number of fused-ring (bicyclic) bond motifs is 1. The van der Waals surface area contributed by atoms with Crippen LogP contribution in [-0.2, 0) is 17.8 Å². The van der Waals surface area contributed by atoms with Crippen molar-refractivity contribution in [3.05, 3.63) is 90.0 Å². The number of hydrogen-bond donors (Lipinski definition) is 0. The summed E-state index contributed by atoms with van der Waals surface area (Å²) in [5.41, 5.74) is 6.00. The summed E-state index contributed by atoms with van der Waals surface area (Å²) in [7, 11) is 0. The molecule has 0 unspecified atom stereocenters. The normalized spacial score (nSPS) is 17.2. The van der Waals surface area contributed by atoms with Gasteiger partial charge in [-0.05, 0) is 34.4 Å². The third-order valence-electron chi connectivity index (χ3n) is 6.47. The molecule has 4 heteroatoms. The van der Waals surface area contributed by atoms with Crippen molar-refractivity contribution < 1.29 is 4.79 Å². The molecule has 0 aromatic heterocycles. The van der Waals surface area contributed by atoms with Gasteiger partial charge in [0, 0.05) is 51.5 Å². The van der Waals surface area contributed by atoms with Gasteiger partial charge < -0.3 is 4.90 Å². The first-order chi connectivity index (χ1) is 15.3. The summed E-state index contributed by atoms with van der Waals surface area (Å²) in [4.78, 5) is 19.7. The highest BCUT2D eigenvalue weighted by molar-refractivity contribution is 6.02. The molecular weight excluding hydrogens is 382 g/mol. The van der Waals surface area contributed by atoms with E-state index in [2.05, 4.69) is 82.6 Å². The van der Waals surface area contributed by atoms with E-state index in [1.807, 2.05) is 11.0 Å². The van der Waals surface area contributed by atoms with Crippen LogP contribution in [0.1, 0.15) is 11.1 Å². The fourth-order valence-electron chi connectivity index (χ4n) is 4.69. The fraction of sp³-hybridized carbons (Fsp3) is 0.296. The van der Waals surface area contributed by atoms with Gasteiger partial charge in [-0.2, -0.15) is 0 Å². The van der Waals surface area contributed by atoms with E-state index in [4.69, 9.17) is 0 Å². The Hall–Kier alpha value is -2.95. The Morgan fingerprint density at radius 3 is 2.10 bits per heavy atom. The quantitative estimate of drug-likeness (QED) is 0.612. The Kier molecular flexibility index (Phi) is 5.83. The predicted molar refractivity (Wildman–Crippen MR) is 126 cm³/mol. The summed E-state index contributed by atoms with van der Waals surface area (Å²) in [6.07, 6.45) is 0.515. The number of nitrogens with zero attached hydrogens (tertiary/aromatic N) is 3. The molecule has 0 aliphatic carbocycles. The highest BCUT2D eigenvalue weighted by Crippen LogP contribution is 2.32. The predicted octanol–water partition coefficient (Wildman–Crippen LogP) is 4.06. The summed E-state index contributed by atoms with van der Waals surface area (Å²) >= 11 is 0. The van der Waals surface area contributed by atoms with Crippen LogP contribution in [-0.4, -0.2) is 55.0 Å². The van der Waals surface area contributed by atoms with Crippen molar-refractivity contribution in [2.45, 2.75) is 13.0 Å². The van der Waals surface area contributed by atoms with Crippen molar-refractivity contribution >= 4 is 11.6 Å². The molecule has 2 aliphatic heterocycles. The van der Waals surface area contributed by atoms with Gasteiger partial charge in [-0.1, -0.05) is 66.7 Å². The standard InChI is InChI=1S/C27H29N3O/c31-27-20-25-19-24(23-9-5-2-6-10-23)11-12-26(25)30(27)18-17-28-13-15-29(16-14-28)21-22-7-3-1-4-8-22/h1-12,19H,13-18,20-21H2. The topological polar surface area (TPSA) is 26.8 Å². The molecule has 0 radical (unpaired) electrons. The van der Waals surface area contributed by atoms with Crippen molar-refractivity contribution in [1.82, 2.24) is 9.80 Å². The van der Waals surface area contributed by atoms with E-state index in [1.165, 1.54) is 16.7 Å². The maximum absolute atomic E-state index is 12.7. The van der Waals surface area contributed by atoms with Gasteiger partial charge in [0.05, 0.1) is 6.42 Å². The van der Waals surface area contributed by atoms with E-state index in [1.54, 1.807) is 0 Å². The minimum Gasteiger partial charge on any atom is -0.311 e. The van der Waals surface area contributed by atoms with Crippen LogP contribution in [0.2, 0.25) is 0 Å². The molecular formula is C27H29N3O. The molecule has 5 rings (SSSR count). The molecule has 1 fully saturated rings. The van der Waals surface area contributed by atoms with Gasteiger partial charge in [-0.3, -0.25) is 14.6 Å². The molecule has 2 heterocycles. The van der Waals surface area contributed by atoms with Gasteiger partial charge >= 0.3 is 0 Å². The Bertz CT molecular complexity index is 1030. The van der Waals surface area contributed by atoms with Gasteiger partial charge in [0.2, 0.25) is 5.91 Å². The maximum Gasteiger partial charge on any atom is 0.231 e. The minimum atomic E-state index is 0.225. The zero-order valence-electron chi connectivity index (χ0n) is 17.9. The molecule has 0 spiro atoms. The number of hydrogen-bond acceptors (Lipinski definition) is 3. The van der Waals surface area contributed by atoms with Crippen LogP contribution in [0.4, 0.5) is 5.69 Å². The molecule has 3 aromatic carbocycles. The molecule has 0 N–H and O–H groups in total. The number of benzene rings is 3. The molecule has 0 bridgehead atoms. The molecule has 0 saturated carbocycles. The minimum absolute atomic E-state index is 0.225. The zero-order chi connectivity index (χ0) is 21.0. The summed E-state index contributed by atoms with van der Waals surface area (Å²) in [6, 6.07) is 27.5. The second kappa shape index (κ2) is 9.04. The summed E-state index contributed by atoms with van der Waals surface area (Å²) < 4.78 is 0. The van der Waals surface area contributed by atoms with E-state index in [0.717, 1.165) is 57.1 Å². The van der Waals surface area contributed by atoms with E-state index in [0.29, 0.717) is 6.42 Å². The van der Waals surface area contributed by atoms with Gasteiger partial charge in [0.25, 0.3) is 0 Å². The van der Waals surface area contributed by atoms with Gasteiger partial charge in [0.1, 0.15) is 0 Å². The largest absolute Gasteiger partial charge is 0.311 e. The highest BCUT2D eigenvalue weighted by atomic mass is 16.2. The average molecular weight is 412 g/mol. The van der Waals surface area contributed by atoms with Crippen LogP contribution >= 0.6 is 0 Å². The van der Waals surface area contributed by atoms with Crippen LogP contribution in [0.3, 0.4) is 0 Å². The molecule has 1 saturated heterocycles. The smallest absolute Gasteiger partial charge is 0.231 e. The molecule has 2 aliphatic rings. The van der Waals surface area contributed by atoms with Crippen molar-refractivity contribution in [2.75, 3.05) is 44.2 Å². The number of carbonyl (C=O) groups excluding carboxylic acids is 1. The van der Waals surface area contributed by atoms with E-state index in [9.17, 15) is 4.79 Å². The molecule has 4 nitrogen and oxygen atoms in total. The molecule has 158 valence electrons. The Balaban J connectivity index is 1.16. The molecule has 31 heavy (non-hydrogen) atoms. The third-order valence-corrected chi connectivity index (χ3v) is 6.47. The van der Waals surface area contributed by atoms with Gasteiger partial charge in [-0.25, -0.2) is 0 Å². The number of piperazine rings is 1. The monoisotopic (exact) mass is 411 g/mol. The Labute approximate surface area is 184 Å². The number of rotatable bonds is 6. The summed E-state index contributed by atoms with van der Waals surface area (Å²) in [6.45, 7) is 7.03. The lowest BCUT2D eigenvalue weighted by Gasteiger charge is -2.35. The van der Waals surface area contributed by atoms with Crippen molar-refractivity contribution in [3.63, 3.8) is 0 Å². The van der Waals surface area contributed by atoms with Crippen molar-refractivity contribution in [1.29, 1.82) is 0 Å². The number of amides is 1. The highest BCUT2D eigenvalue weighted by Gasteiger charge is 2.28. The first-order valence-corrected chi connectivity index (χ1v) is 11.2. The van der Waals surface area contributed by atoms with E-state index < -0.39 is 0 Å². The zero-order valence-corrected chi connectivity index (χ0v) is 17.9. The average Bonchev–Trinajstić information content (AvgIpc) is 3.14. The van der Waals surface area contributed by atoms with Crippen LogP contribution < -0.4 is 4.90 Å². The Morgan fingerprint density at radius 2 is 1.35 bits per heavy atom. The van der Waals surface area contributed by atoms with E-state index >= 15 is 0 Å². The number of anilines is 1. The first kappa shape index (κ1) is 20.0. The SMILES string of the molecule is O=C1Cc2cc(-c3ccccc3)ccc2N1CCN1CCN(Cc2ccccc2)CC1. The summed E-state index contributed by atoms with van der Waals surface area (Å²) in [5, 5.41) is 0. The van der Waals surface area contributed by atoms with Crippen LogP contribution in [0, 0.1) is 0 Å². The second-order valence-electron chi connectivity index (χ2n) is 8.54. The van der Waals surface area contributed by atoms with Crippen LogP contribution in [0.15, 0.2) is 78.9 Å². The number of carbonyl (C=O) groups is 1. The third kappa shape index (κ3) is 4.55. The van der Waals surface area contributed by atoms with Crippen molar-refractivity contribution in [3.8, 4) is 11.1 Å². The molecule has 1 amide bonds.